The highest BCUT2D eigenvalue weighted by atomic mass is 15.0. The second-order valence-corrected chi connectivity index (χ2v) is 15.5. The molecule has 0 fully saturated rings. The smallest absolute Gasteiger partial charge is 0.164 e. The Balaban J connectivity index is 0.905. The van der Waals surface area contributed by atoms with E-state index in [0.29, 0.717) is 17.5 Å². The SMILES string of the molecule is c1ccc(-c2ccc(-c3nc(-c4ccc(-c5ccccc5)cc4)nc(-c4cccc(-c5ccc(-c6ccc(-c7cc8cccnc8c8ccccc78)cc6)cc5)c4)n3)cc2)cc1. The van der Waals surface area contributed by atoms with E-state index in [1.807, 2.05) is 24.4 Å². The van der Waals surface area contributed by atoms with E-state index >= 15 is 0 Å². The van der Waals surface area contributed by atoms with Gasteiger partial charge in [0.05, 0.1) is 5.52 Å². The van der Waals surface area contributed by atoms with Gasteiger partial charge in [-0.15, -0.1) is 0 Å². The normalized spacial score (nSPS) is 11.2. The molecular weight excluding hydrogens is 753 g/mol. The number of fused-ring (bicyclic) bond motifs is 3. The van der Waals surface area contributed by atoms with Crippen LogP contribution in [-0.2, 0) is 0 Å². The maximum absolute atomic E-state index is 5.09. The van der Waals surface area contributed by atoms with Crippen molar-refractivity contribution in [2.45, 2.75) is 0 Å². The van der Waals surface area contributed by atoms with Crippen molar-refractivity contribution >= 4 is 21.7 Å². The molecule has 0 aliphatic rings. The van der Waals surface area contributed by atoms with Crippen LogP contribution in [0.3, 0.4) is 0 Å². The van der Waals surface area contributed by atoms with Gasteiger partial charge in [0.15, 0.2) is 17.5 Å². The minimum Gasteiger partial charge on any atom is -0.256 e. The Bertz CT molecular complexity index is 3240. The van der Waals surface area contributed by atoms with Crippen molar-refractivity contribution in [1.82, 2.24) is 19.9 Å². The van der Waals surface area contributed by atoms with Gasteiger partial charge < -0.3 is 0 Å². The highest BCUT2D eigenvalue weighted by Gasteiger charge is 2.15. The van der Waals surface area contributed by atoms with Gasteiger partial charge in [-0.3, -0.25) is 4.98 Å². The van der Waals surface area contributed by atoms with Crippen LogP contribution in [-0.4, -0.2) is 19.9 Å². The maximum Gasteiger partial charge on any atom is 0.164 e. The average Bonchev–Trinajstić information content (AvgIpc) is 3.37. The summed E-state index contributed by atoms with van der Waals surface area (Å²) in [5, 5.41) is 3.52. The Kier molecular flexibility index (Phi) is 9.49. The van der Waals surface area contributed by atoms with E-state index in [-0.39, 0.29) is 0 Å². The van der Waals surface area contributed by atoms with Gasteiger partial charge in [0, 0.05) is 33.7 Å². The standard InChI is InChI=1S/C58H38N4/c1-3-11-39(12-4-1)41-26-32-47(33-27-41)56-60-57(48-34-28-42(29-35-48)40-13-5-2-6-14-40)62-58(61-56)51-16-9-15-49(37-51)45-22-20-43(21-23-45)44-24-30-46(31-25-44)54-38-50-17-10-36-59-55(50)53-19-8-7-18-52(53)54/h1-38H. The third-order valence-electron chi connectivity index (χ3n) is 11.6. The molecule has 0 aliphatic carbocycles. The fraction of sp³-hybridized carbons (Fsp3) is 0. The molecule has 9 aromatic carbocycles. The quantitative estimate of drug-likeness (QED) is 0.144. The summed E-state index contributed by atoms with van der Waals surface area (Å²) >= 11 is 0. The van der Waals surface area contributed by atoms with Gasteiger partial charge in [-0.2, -0.15) is 0 Å². The monoisotopic (exact) mass is 790 g/mol. The van der Waals surface area contributed by atoms with Crippen molar-refractivity contribution in [2.24, 2.45) is 0 Å². The highest BCUT2D eigenvalue weighted by Crippen LogP contribution is 2.36. The van der Waals surface area contributed by atoms with Crippen molar-refractivity contribution in [2.75, 3.05) is 0 Å². The minimum atomic E-state index is 0.623. The summed E-state index contributed by atoms with van der Waals surface area (Å²) in [5.74, 6) is 1.88. The van der Waals surface area contributed by atoms with Crippen molar-refractivity contribution in [3.63, 3.8) is 0 Å². The molecule has 0 amide bonds. The highest BCUT2D eigenvalue weighted by molar-refractivity contribution is 6.12. The predicted octanol–water partition coefficient (Wildman–Crippen LogP) is 14.9. The van der Waals surface area contributed by atoms with Crippen molar-refractivity contribution < 1.29 is 0 Å². The van der Waals surface area contributed by atoms with Gasteiger partial charge in [-0.05, 0) is 79.2 Å². The first-order valence-electron chi connectivity index (χ1n) is 20.9. The molecule has 0 aliphatic heterocycles. The Morgan fingerprint density at radius 3 is 1.16 bits per heavy atom. The third-order valence-corrected chi connectivity index (χ3v) is 11.6. The number of nitrogens with zero attached hydrogens (tertiary/aromatic N) is 4. The molecule has 2 heterocycles. The number of aromatic nitrogens is 4. The second kappa shape index (κ2) is 16.0. The fourth-order valence-corrected chi connectivity index (χ4v) is 8.34. The first-order valence-corrected chi connectivity index (χ1v) is 20.9. The van der Waals surface area contributed by atoms with Gasteiger partial charge in [-0.25, -0.2) is 15.0 Å². The van der Waals surface area contributed by atoms with E-state index in [1.165, 1.54) is 38.6 Å². The molecule has 4 nitrogen and oxygen atoms in total. The first-order chi connectivity index (χ1) is 30.7. The molecule has 11 aromatic rings. The topological polar surface area (TPSA) is 51.6 Å². The van der Waals surface area contributed by atoms with Gasteiger partial charge in [-0.1, -0.05) is 206 Å². The lowest BCUT2D eigenvalue weighted by molar-refractivity contribution is 1.07. The minimum absolute atomic E-state index is 0.623. The molecule has 0 N–H and O–H groups in total. The number of benzene rings is 9. The van der Waals surface area contributed by atoms with Gasteiger partial charge >= 0.3 is 0 Å². The molecule has 290 valence electrons. The molecule has 0 radical (unpaired) electrons. The van der Waals surface area contributed by atoms with Crippen LogP contribution in [0.2, 0.25) is 0 Å². The number of hydrogen-bond acceptors (Lipinski definition) is 4. The summed E-state index contributed by atoms with van der Waals surface area (Å²) in [5.41, 5.74) is 15.4. The summed E-state index contributed by atoms with van der Waals surface area (Å²) < 4.78 is 0. The lowest BCUT2D eigenvalue weighted by atomic mass is 9.93. The summed E-state index contributed by atoms with van der Waals surface area (Å²) in [6, 6.07) is 78.8. The Hall–Kier alpha value is -8.34. The van der Waals surface area contributed by atoms with Crippen molar-refractivity contribution in [3.8, 4) is 89.8 Å². The number of pyridine rings is 1. The lowest BCUT2D eigenvalue weighted by Gasteiger charge is -2.12. The Morgan fingerprint density at radius 2 is 0.629 bits per heavy atom. The van der Waals surface area contributed by atoms with Gasteiger partial charge in [0.2, 0.25) is 0 Å². The van der Waals surface area contributed by atoms with E-state index in [2.05, 4.69) is 211 Å². The third kappa shape index (κ3) is 7.20. The summed E-state index contributed by atoms with van der Waals surface area (Å²) in [7, 11) is 0. The number of rotatable bonds is 8. The van der Waals surface area contributed by atoms with Crippen LogP contribution in [0.5, 0.6) is 0 Å². The van der Waals surface area contributed by atoms with E-state index in [4.69, 9.17) is 15.0 Å². The van der Waals surface area contributed by atoms with Crippen LogP contribution in [0, 0.1) is 0 Å². The predicted molar refractivity (Wildman–Crippen MR) is 256 cm³/mol. The fourth-order valence-electron chi connectivity index (χ4n) is 8.34. The number of hydrogen-bond donors (Lipinski definition) is 0. The molecule has 0 saturated carbocycles. The lowest BCUT2D eigenvalue weighted by Crippen LogP contribution is -2.00. The van der Waals surface area contributed by atoms with E-state index < -0.39 is 0 Å². The van der Waals surface area contributed by atoms with Crippen LogP contribution in [0.1, 0.15) is 0 Å². The first kappa shape index (κ1) is 36.7. The molecule has 0 atom stereocenters. The molecule has 0 saturated heterocycles. The van der Waals surface area contributed by atoms with Crippen LogP contribution >= 0.6 is 0 Å². The Morgan fingerprint density at radius 1 is 0.242 bits per heavy atom. The molecular formula is C58H38N4. The van der Waals surface area contributed by atoms with Crippen LogP contribution in [0.15, 0.2) is 231 Å². The molecule has 11 rings (SSSR count). The van der Waals surface area contributed by atoms with E-state index in [1.54, 1.807) is 0 Å². The van der Waals surface area contributed by atoms with E-state index in [0.717, 1.165) is 55.4 Å². The Labute approximate surface area is 360 Å². The van der Waals surface area contributed by atoms with Crippen LogP contribution in [0.25, 0.3) is 111 Å². The molecule has 0 spiro atoms. The summed E-state index contributed by atoms with van der Waals surface area (Å²) in [6.45, 7) is 0. The van der Waals surface area contributed by atoms with E-state index in [9.17, 15) is 0 Å². The van der Waals surface area contributed by atoms with Crippen molar-refractivity contribution in [3.05, 3.63) is 231 Å². The van der Waals surface area contributed by atoms with Crippen LogP contribution < -0.4 is 0 Å². The molecule has 2 aromatic heterocycles. The van der Waals surface area contributed by atoms with Gasteiger partial charge in [0.25, 0.3) is 0 Å². The molecule has 0 bridgehead atoms. The molecule has 0 unspecified atom stereocenters. The average molecular weight is 791 g/mol. The molecule has 62 heavy (non-hydrogen) atoms. The summed E-state index contributed by atoms with van der Waals surface area (Å²) in [6.07, 6.45) is 1.87. The zero-order chi connectivity index (χ0) is 41.2. The van der Waals surface area contributed by atoms with Crippen molar-refractivity contribution in [1.29, 1.82) is 0 Å². The molecule has 4 heteroatoms. The second-order valence-electron chi connectivity index (χ2n) is 15.5. The summed E-state index contributed by atoms with van der Waals surface area (Å²) in [4.78, 5) is 19.9. The zero-order valence-corrected chi connectivity index (χ0v) is 33.7. The van der Waals surface area contributed by atoms with Crippen LogP contribution in [0.4, 0.5) is 0 Å². The largest absolute Gasteiger partial charge is 0.256 e. The van der Waals surface area contributed by atoms with Gasteiger partial charge in [0.1, 0.15) is 0 Å². The maximum atomic E-state index is 5.09. The zero-order valence-electron chi connectivity index (χ0n) is 33.7.